The highest BCUT2D eigenvalue weighted by Gasteiger charge is 2.27. The zero-order valence-corrected chi connectivity index (χ0v) is 18.3. The number of thiazole rings is 1. The molecule has 0 unspecified atom stereocenters. The minimum atomic E-state index is -0.275. The standard InChI is InChI=1S/C18H22ClN3O4S.ClH/c1-21(2)7-4-8-22(17(23)14-11-25-9-10-26-14)18-20-15-13(24-3)6-5-12(19)16(15)27-18;/h5-6,11H,4,7-10H2,1-3H3;1H. The lowest BCUT2D eigenvalue weighted by Crippen LogP contribution is -2.36. The number of benzene rings is 1. The summed E-state index contributed by atoms with van der Waals surface area (Å²) in [6.45, 7) is 2.13. The van der Waals surface area contributed by atoms with Crippen LogP contribution in [-0.4, -0.2) is 63.3 Å². The van der Waals surface area contributed by atoms with Crippen LogP contribution in [0.4, 0.5) is 5.13 Å². The summed E-state index contributed by atoms with van der Waals surface area (Å²) in [5, 5.41) is 1.13. The number of hydrogen-bond acceptors (Lipinski definition) is 7. The predicted molar refractivity (Wildman–Crippen MR) is 114 cm³/mol. The Morgan fingerprint density at radius 3 is 2.75 bits per heavy atom. The van der Waals surface area contributed by atoms with E-state index >= 15 is 0 Å². The van der Waals surface area contributed by atoms with Gasteiger partial charge in [-0.05, 0) is 39.2 Å². The molecule has 3 rings (SSSR count). The molecule has 0 saturated carbocycles. The van der Waals surface area contributed by atoms with Crippen molar-refractivity contribution >= 4 is 56.6 Å². The molecule has 2 aromatic rings. The molecule has 0 N–H and O–H groups in total. The second-order valence-corrected chi connectivity index (χ2v) is 7.62. The van der Waals surface area contributed by atoms with E-state index in [0.717, 1.165) is 17.7 Å². The van der Waals surface area contributed by atoms with Crippen LogP contribution < -0.4 is 9.64 Å². The molecule has 1 aromatic carbocycles. The van der Waals surface area contributed by atoms with Gasteiger partial charge in [0.25, 0.3) is 5.91 Å². The van der Waals surface area contributed by atoms with E-state index in [9.17, 15) is 4.79 Å². The highest BCUT2D eigenvalue weighted by molar-refractivity contribution is 7.23. The van der Waals surface area contributed by atoms with Gasteiger partial charge in [-0.1, -0.05) is 22.9 Å². The largest absolute Gasteiger partial charge is 0.494 e. The molecule has 0 fully saturated rings. The van der Waals surface area contributed by atoms with Gasteiger partial charge in [-0.3, -0.25) is 9.69 Å². The fourth-order valence-electron chi connectivity index (χ4n) is 2.66. The summed E-state index contributed by atoms with van der Waals surface area (Å²) in [4.78, 5) is 21.4. The normalized spacial score (nSPS) is 13.4. The molecule has 1 aliphatic rings. The lowest BCUT2D eigenvalue weighted by molar-refractivity contribution is -0.119. The first kappa shape index (κ1) is 22.5. The van der Waals surface area contributed by atoms with Crippen molar-refractivity contribution in [3.63, 3.8) is 0 Å². The fourth-order valence-corrected chi connectivity index (χ4v) is 3.94. The van der Waals surface area contributed by atoms with Crippen LogP contribution in [0.5, 0.6) is 5.75 Å². The Kier molecular flexibility index (Phi) is 8.18. The number of amides is 1. The molecule has 7 nitrogen and oxygen atoms in total. The zero-order chi connectivity index (χ0) is 19.4. The lowest BCUT2D eigenvalue weighted by atomic mass is 10.3. The van der Waals surface area contributed by atoms with Crippen molar-refractivity contribution in [2.45, 2.75) is 6.42 Å². The van der Waals surface area contributed by atoms with E-state index in [0.29, 0.717) is 41.2 Å². The van der Waals surface area contributed by atoms with E-state index < -0.39 is 0 Å². The number of ether oxygens (including phenoxy) is 3. The van der Waals surface area contributed by atoms with Crippen molar-refractivity contribution in [2.75, 3.05) is 52.4 Å². The molecule has 0 radical (unpaired) electrons. The number of halogens is 2. The van der Waals surface area contributed by atoms with Crippen molar-refractivity contribution in [3.05, 3.63) is 29.2 Å². The first-order valence-electron chi connectivity index (χ1n) is 8.55. The summed E-state index contributed by atoms with van der Waals surface area (Å²) < 4.78 is 16.9. The van der Waals surface area contributed by atoms with E-state index in [4.69, 9.17) is 25.8 Å². The number of fused-ring (bicyclic) bond motifs is 1. The van der Waals surface area contributed by atoms with Crippen LogP contribution in [0.2, 0.25) is 5.02 Å². The van der Waals surface area contributed by atoms with Gasteiger partial charge < -0.3 is 19.1 Å². The monoisotopic (exact) mass is 447 g/mol. The number of hydrogen-bond donors (Lipinski definition) is 0. The Hall–Kier alpha value is -1.74. The molecular weight excluding hydrogens is 425 g/mol. The van der Waals surface area contributed by atoms with E-state index in [1.807, 2.05) is 14.1 Å². The van der Waals surface area contributed by atoms with E-state index in [2.05, 4.69) is 9.88 Å². The van der Waals surface area contributed by atoms with Gasteiger partial charge in [0.15, 0.2) is 5.13 Å². The minimum absolute atomic E-state index is 0. The Bertz CT molecular complexity index is 857. The van der Waals surface area contributed by atoms with Crippen LogP contribution in [0, 0.1) is 0 Å². The maximum absolute atomic E-state index is 13.0. The van der Waals surface area contributed by atoms with Gasteiger partial charge in [0.1, 0.15) is 30.7 Å². The van der Waals surface area contributed by atoms with Crippen LogP contribution in [0.15, 0.2) is 24.2 Å². The van der Waals surface area contributed by atoms with Gasteiger partial charge in [0.2, 0.25) is 5.76 Å². The lowest BCUT2D eigenvalue weighted by Gasteiger charge is -2.23. The van der Waals surface area contributed by atoms with Crippen molar-refractivity contribution in [3.8, 4) is 5.75 Å². The maximum atomic E-state index is 13.0. The van der Waals surface area contributed by atoms with Crippen molar-refractivity contribution < 1.29 is 19.0 Å². The molecular formula is C18H23Cl2N3O4S. The van der Waals surface area contributed by atoms with Crippen molar-refractivity contribution in [1.82, 2.24) is 9.88 Å². The maximum Gasteiger partial charge on any atom is 0.298 e. The van der Waals surface area contributed by atoms with Gasteiger partial charge in [0.05, 0.1) is 16.8 Å². The van der Waals surface area contributed by atoms with E-state index in [1.54, 1.807) is 24.1 Å². The number of nitrogens with zero attached hydrogens (tertiary/aromatic N) is 3. The topological polar surface area (TPSA) is 64.1 Å². The minimum Gasteiger partial charge on any atom is -0.494 e. The number of methoxy groups -OCH3 is 1. The van der Waals surface area contributed by atoms with Crippen molar-refractivity contribution in [1.29, 1.82) is 0 Å². The number of carbonyl (C=O) groups is 1. The number of anilines is 1. The Balaban J connectivity index is 0.00000280. The third-order valence-corrected chi connectivity index (χ3v) is 5.53. The molecule has 0 aliphatic carbocycles. The van der Waals surface area contributed by atoms with Gasteiger partial charge in [-0.25, -0.2) is 4.98 Å². The second-order valence-electron chi connectivity index (χ2n) is 6.24. The smallest absolute Gasteiger partial charge is 0.298 e. The molecule has 2 heterocycles. The Labute approximate surface area is 179 Å². The number of aromatic nitrogens is 1. The first-order valence-corrected chi connectivity index (χ1v) is 9.75. The average Bonchev–Trinajstić information content (AvgIpc) is 3.11. The third kappa shape index (κ3) is 5.00. The summed E-state index contributed by atoms with van der Waals surface area (Å²) in [6, 6.07) is 3.54. The molecule has 154 valence electrons. The fraction of sp³-hybridized carbons (Fsp3) is 0.444. The van der Waals surface area contributed by atoms with E-state index in [-0.39, 0.29) is 24.1 Å². The Morgan fingerprint density at radius 1 is 1.32 bits per heavy atom. The Morgan fingerprint density at radius 2 is 2.11 bits per heavy atom. The van der Waals surface area contributed by atoms with Crippen LogP contribution in [0.25, 0.3) is 10.2 Å². The highest BCUT2D eigenvalue weighted by atomic mass is 35.5. The average molecular weight is 448 g/mol. The molecule has 1 aliphatic heterocycles. The van der Waals surface area contributed by atoms with Crippen LogP contribution in [0.3, 0.4) is 0 Å². The number of carbonyl (C=O) groups excluding carboxylic acids is 1. The zero-order valence-electron chi connectivity index (χ0n) is 15.9. The van der Waals surface area contributed by atoms with Crippen LogP contribution in [0.1, 0.15) is 6.42 Å². The summed E-state index contributed by atoms with van der Waals surface area (Å²) in [5.74, 6) is 0.528. The van der Waals surface area contributed by atoms with Gasteiger partial charge in [-0.2, -0.15) is 0 Å². The van der Waals surface area contributed by atoms with Gasteiger partial charge in [0, 0.05) is 6.54 Å². The van der Waals surface area contributed by atoms with E-state index in [1.165, 1.54) is 17.6 Å². The van der Waals surface area contributed by atoms with Gasteiger partial charge in [-0.15, -0.1) is 12.4 Å². The SMILES string of the molecule is COc1ccc(Cl)c2sc(N(CCCN(C)C)C(=O)C3=COCCO3)nc12.Cl. The molecule has 0 spiro atoms. The quantitative estimate of drug-likeness (QED) is 0.646. The molecule has 0 saturated heterocycles. The molecule has 10 heteroatoms. The summed E-state index contributed by atoms with van der Waals surface area (Å²) in [6.07, 6.45) is 2.15. The molecule has 1 aromatic heterocycles. The first-order chi connectivity index (χ1) is 13.0. The molecule has 0 bridgehead atoms. The summed E-state index contributed by atoms with van der Waals surface area (Å²) in [7, 11) is 5.57. The molecule has 1 amide bonds. The number of rotatable bonds is 7. The third-order valence-electron chi connectivity index (χ3n) is 3.99. The highest BCUT2D eigenvalue weighted by Crippen LogP contribution is 2.39. The second kappa shape index (κ2) is 10.2. The van der Waals surface area contributed by atoms with Crippen molar-refractivity contribution in [2.24, 2.45) is 0 Å². The van der Waals surface area contributed by atoms with Crippen LogP contribution >= 0.6 is 35.3 Å². The summed E-state index contributed by atoms with van der Waals surface area (Å²) in [5.41, 5.74) is 0.644. The van der Waals surface area contributed by atoms with Crippen LogP contribution in [-0.2, 0) is 14.3 Å². The molecule has 28 heavy (non-hydrogen) atoms. The molecule has 0 atom stereocenters. The van der Waals surface area contributed by atoms with Gasteiger partial charge >= 0.3 is 0 Å². The predicted octanol–water partition coefficient (Wildman–Crippen LogP) is 3.55. The summed E-state index contributed by atoms with van der Waals surface area (Å²) >= 11 is 7.68.